The Morgan fingerprint density at radius 2 is 1.96 bits per heavy atom. The highest BCUT2D eigenvalue weighted by molar-refractivity contribution is 7.99. The van der Waals surface area contributed by atoms with E-state index in [9.17, 15) is 12.8 Å². The van der Waals surface area contributed by atoms with Gasteiger partial charge in [-0.1, -0.05) is 11.8 Å². The molecule has 9 heteroatoms. The van der Waals surface area contributed by atoms with Gasteiger partial charge in [0, 0.05) is 12.3 Å². The number of ether oxygens (including phenoxy) is 1. The molecule has 1 heterocycles. The van der Waals surface area contributed by atoms with Crippen LogP contribution >= 0.6 is 11.8 Å². The van der Waals surface area contributed by atoms with Crippen LogP contribution in [-0.4, -0.2) is 30.3 Å². The van der Waals surface area contributed by atoms with Crippen LogP contribution in [0.1, 0.15) is 6.92 Å². The van der Waals surface area contributed by atoms with Gasteiger partial charge in [0.05, 0.1) is 22.5 Å². The molecule has 0 radical (unpaired) electrons. The summed E-state index contributed by atoms with van der Waals surface area (Å²) in [6, 6.07) is 10.5. The van der Waals surface area contributed by atoms with E-state index in [-0.39, 0.29) is 10.7 Å². The lowest BCUT2D eigenvalue weighted by molar-refractivity contribution is 0.343. The molecule has 1 aromatic heterocycles. The van der Waals surface area contributed by atoms with Crippen LogP contribution in [0.4, 0.5) is 4.39 Å². The zero-order valence-electron chi connectivity index (χ0n) is 14.1. The SMILES string of the molecule is CCn1c(SCCOc2ccc(F)cc2)nc2cc(S(N)(=O)=O)ccc21. The predicted molar refractivity (Wildman–Crippen MR) is 99.4 cm³/mol. The van der Waals surface area contributed by atoms with Gasteiger partial charge in [-0.25, -0.2) is 22.9 Å². The molecule has 0 aliphatic carbocycles. The van der Waals surface area contributed by atoms with Gasteiger partial charge in [-0.3, -0.25) is 0 Å². The summed E-state index contributed by atoms with van der Waals surface area (Å²) in [7, 11) is -3.76. The van der Waals surface area contributed by atoms with E-state index in [0.717, 1.165) is 10.7 Å². The molecule has 0 aliphatic rings. The fourth-order valence-electron chi connectivity index (χ4n) is 2.50. The van der Waals surface area contributed by atoms with Crippen LogP contribution in [0.5, 0.6) is 5.75 Å². The smallest absolute Gasteiger partial charge is 0.238 e. The van der Waals surface area contributed by atoms with Gasteiger partial charge in [-0.15, -0.1) is 0 Å². The molecule has 0 saturated carbocycles. The zero-order valence-corrected chi connectivity index (χ0v) is 15.7. The molecule has 138 valence electrons. The Hall–Kier alpha value is -2.10. The molecule has 26 heavy (non-hydrogen) atoms. The minimum atomic E-state index is -3.76. The molecular weight excluding hydrogens is 377 g/mol. The molecule has 0 amide bonds. The van der Waals surface area contributed by atoms with Crippen molar-refractivity contribution in [2.45, 2.75) is 23.5 Å². The van der Waals surface area contributed by atoms with E-state index in [2.05, 4.69) is 4.98 Å². The molecule has 0 bridgehead atoms. The van der Waals surface area contributed by atoms with E-state index in [0.29, 0.717) is 30.2 Å². The van der Waals surface area contributed by atoms with Crippen molar-refractivity contribution >= 4 is 32.8 Å². The molecule has 0 unspecified atom stereocenters. The Bertz CT molecular complexity index is 1020. The van der Waals surface area contributed by atoms with Gasteiger partial charge in [0.2, 0.25) is 10.0 Å². The Kier molecular flexibility index (Phi) is 5.49. The van der Waals surface area contributed by atoms with E-state index in [1.807, 2.05) is 11.5 Å². The van der Waals surface area contributed by atoms with Crippen LogP contribution < -0.4 is 9.88 Å². The third-order valence-corrected chi connectivity index (χ3v) is 5.58. The van der Waals surface area contributed by atoms with Gasteiger partial charge in [0.1, 0.15) is 11.6 Å². The van der Waals surface area contributed by atoms with E-state index in [4.69, 9.17) is 9.88 Å². The van der Waals surface area contributed by atoms with E-state index in [1.54, 1.807) is 18.2 Å². The quantitative estimate of drug-likeness (QED) is 0.491. The number of imidazole rings is 1. The van der Waals surface area contributed by atoms with Crippen LogP contribution in [-0.2, 0) is 16.6 Å². The van der Waals surface area contributed by atoms with Gasteiger partial charge in [-0.2, -0.15) is 0 Å². The van der Waals surface area contributed by atoms with Crippen molar-refractivity contribution in [3.05, 3.63) is 48.3 Å². The van der Waals surface area contributed by atoms with Crippen molar-refractivity contribution in [3.63, 3.8) is 0 Å². The number of thioether (sulfide) groups is 1. The normalized spacial score (nSPS) is 11.8. The third kappa shape index (κ3) is 4.17. The Balaban J connectivity index is 1.71. The first-order chi connectivity index (χ1) is 12.4. The van der Waals surface area contributed by atoms with Crippen LogP contribution in [0.25, 0.3) is 11.0 Å². The lowest BCUT2D eigenvalue weighted by atomic mass is 10.3. The number of fused-ring (bicyclic) bond motifs is 1. The van der Waals surface area contributed by atoms with Gasteiger partial charge < -0.3 is 9.30 Å². The number of hydrogen-bond donors (Lipinski definition) is 1. The highest BCUT2D eigenvalue weighted by atomic mass is 32.2. The first kappa shape index (κ1) is 18.7. The molecule has 2 N–H and O–H groups in total. The fourth-order valence-corrected chi connectivity index (χ4v) is 3.93. The molecule has 0 fully saturated rings. The number of benzene rings is 2. The largest absolute Gasteiger partial charge is 0.493 e. The molecule has 6 nitrogen and oxygen atoms in total. The van der Waals surface area contributed by atoms with Crippen molar-refractivity contribution in [2.75, 3.05) is 12.4 Å². The predicted octanol–water partition coefficient (Wildman–Crippen LogP) is 3.01. The Labute approximate surface area is 155 Å². The minimum absolute atomic E-state index is 0.0435. The number of aromatic nitrogens is 2. The minimum Gasteiger partial charge on any atom is -0.493 e. The third-order valence-electron chi connectivity index (χ3n) is 3.73. The Morgan fingerprint density at radius 1 is 1.23 bits per heavy atom. The second-order valence-corrected chi connectivity index (χ2v) is 8.11. The number of rotatable bonds is 7. The van der Waals surface area contributed by atoms with Crippen LogP contribution in [0.2, 0.25) is 0 Å². The second-order valence-electron chi connectivity index (χ2n) is 5.49. The average Bonchev–Trinajstić information content (AvgIpc) is 2.96. The molecule has 0 saturated heterocycles. The molecule has 3 rings (SSSR count). The summed E-state index contributed by atoms with van der Waals surface area (Å²) in [6.07, 6.45) is 0. The first-order valence-electron chi connectivity index (χ1n) is 7.92. The highest BCUT2D eigenvalue weighted by Gasteiger charge is 2.14. The molecular formula is C17H18FN3O3S2. The number of sulfonamides is 1. The van der Waals surface area contributed by atoms with E-state index in [1.165, 1.54) is 36.0 Å². The van der Waals surface area contributed by atoms with Gasteiger partial charge in [-0.05, 0) is 49.4 Å². The van der Waals surface area contributed by atoms with Crippen molar-refractivity contribution in [1.82, 2.24) is 9.55 Å². The summed E-state index contributed by atoms with van der Waals surface area (Å²) in [4.78, 5) is 4.56. The molecule has 0 aliphatic heterocycles. The topological polar surface area (TPSA) is 87.2 Å². The second kappa shape index (κ2) is 7.65. The molecule has 2 aromatic carbocycles. The number of aryl methyl sites for hydroxylation is 1. The summed E-state index contributed by atoms with van der Waals surface area (Å²) < 4.78 is 43.5. The summed E-state index contributed by atoms with van der Waals surface area (Å²) >= 11 is 1.51. The van der Waals surface area contributed by atoms with Crippen molar-refractivity contribution in [2.24, 2.45) is 5.14 Å². The lowest BCUT2D eigenvalue weighted by Crippen LogP contribution is -2.11. The standard InChI is InChI=1S/C17H18FN3O3S2/c1-2-21-16-8-7-14(26(19,22)23)11-15(16)20-17(21)25-10-9-24-13-5-3-12(18)4-6-13/h3-8,11H,2,9-10H2,1H3,(H2,19,22,23). The maximum atomic E-state index is 12.9. The molecule has 0 atom stereocenters. The fraction of sp³-hybridized carbons (Fsp3) is 0.235. The van der Waals surface area contributed by atoms with Crippen LogP contribution in [0, 0.1) is 5.82 Å². The molecule has 0 spiro atoms. The number of hydrogen-bond acceptors (Lipinski definition) is 5. The number of nitrogens with zero attached hydrogens (tertiary/aromatic N) is 2. The van der Waals surface area contributed by atoms with E-state index >= 15 is 0 Å². The maximum absolute atomic E-state index is 12.9. The molecule has 3 aromatic rings. The summed E-state index contributed by atoms with van der Waals surface area (Å²) in [5.41, 5.74) is 1.43. The van der Waals surface area contributed by atoms with Gasteiger partial charge in [0.25, 0.3) is 0 Å². The highest BCUT2D eigenvalue weighted by Crippen LogP contribution is 2.26. The summed E-state index contributed by atoms with van der Waals surface area (Å²) in [5, 5.41) is 5.96. The van der Waals surface area contributed by atoms with Crippen LogP contribution in [0.3, 0.4) is 0 Å². The van der Waals surface area contributed by atoms with Crippen molar-refractivity contribution in [3.8, 4) is 5.75 Å². The van der Waals surface area contributed by atoms with Crippen molar-refractivity contribution < 1.29 is 17.5 Å². The Morgan fingerprint density at radius 3 is 2.62 bits per heavy atom. The van der Waals surface area contributed by atoms with Crippen molar-refractivity contribution in [1.29, 1.82) is 0 Å². The zero-order chi connectivity index (χ0) is 18.7. The number of nitrogens with two attached hydrogens (primary N) is 1. The van der Waals surface area contributed by atoms with E-state index < -0.39 is 10.0 Å². The lowest BCUT2D eigenvalue weighted by Gasteiger charge is -2.07. The monoisotopic (exact) mass is 395 g/mol. The maximum Gasteiger partial charge on any atom is 0.238 e. The van der Waals surface area contributed by atoms with Gasteiger partial charge in [0.15, 0.2) is 5.16 Å². The number of primary sulfonamides is 1. The summed E-state index contributed by atoms with van der Waals surface area (Å²) in [5.74, 6) is 0.943. The number of halogens is 1. The first-order valence-corrected chi connectivity index (χ1v) is 10.5. The van der Waals surface area contributed by atoms with Gasteiger partial charge >= 0.3 is 0 Å². The average molecular weight is 395 g/mol. The summed E-state index contributed by atoms with van der Waals surface area (Å²) in [6.45, 7) is 3.13. The van der Waals surface area contributed by atoms with Crippen LogP contribution in [0.15, 0.2) is 52.5 Å².